The summed E-state index contributed by atoms with van der Waals surface area (Å²) in [6, 6.07) is -1.15. The fraction of sp³-hybridized carbons (Fsp3) is 0.727. The first-order valence-electron chi connectivity index (χ1n) is 6.13. The van der Waals surface area contributed by atoms with Crippen molar-refractivity contribution in [3.8, 4) is 0 Å². The van der Waals surface area contributed by atoms with Crippen molar-refractivity contribution in [2.24, 2.45) is 0 Å². The van der Waals surface area contributed by atoms with Gasteiger partial charge in [-0.2, -0.15) is 0 Å². The minimum Gasteiger partial charge on any atom is -0.481 e. The maximum Gasteiger partial charge on any atom is 0.305 e. The number of rotatable bonds is 3. The molecule has 0 bridgehead atoms. The molecular formula is C11H17N3O4. The quantitative estimate of drug-likeness (QED) is 0.572. The number of carbonyl (C=O) groups is 3. The van der Waals surface area contributed by atoms with Gasteiger partial charge in [0.05, 0.1) is 12.5 Å². The fourth-order valence-corrected chi connectivity index (χ4v) is 2.44. The summed E-state index contributed by atoms with van der Waals surface area (Å²) in [5.74, 6) is -1.61. The summed E-state index contributed by atoms with van der Waals surface area (Å²) in [5.41, 5.74) is 0. The highest BCUT2D eigenvalue weighted by molar-refractivity contribution is 5.93. The molecule has 0 aromatic rings. The minimum absolute atomic E-state index is 0.159. The van der Waals surface area contributed by atoms with Gasteiger partial charge in [0.1, 0.15) is 6.04 Å². The Labute approximate surface area is 105 Å². The van der Waals surface area contributed by atoms with Gasteiger partial charge in [0.25, 0.3) is 0 Å². The van der Waals surface area contributed by atoms with Crippen molar-refractivity contribution in [1.82, 2.24) is 15.5 Å². The number of amides is 2. The topological polar surface area (TPSA) is 98.7 Å². The Balaban J connectivity index is 2.09. The molecule has 100 valence electrons. The van der Waals surface area contributed by atoms with Crippen LogP contribution in [0.3, 0.4) is 0 Å². The standard InChI is InChI=1S/C11H17N3O4/c15-9(16)6-8-10(17)13-4-5-14(8)11(18)7-2-1-3-12-7/h7-8,12H,1-6H2,(H,13,17)(H,15,16). The monoisotopic (exact) mass is 255 g/mol. The first-order chi connectivity index (χ1) is 8.59. The molecule has 2 atom stereocenters. The van der Waals surface area contributed by atoms with Crippen LogP contribution in [0.4, 0.5) is 0 Å². The summed E-state index contributed by atoms with van der Waals surface area (Å²) in [4.78, 5) is 36.1. The number of nitrogens with zero attached hydrogens (tertiary/aromatic N) is 1. The van der Waals surface area contributed by atoms with E-state index < -0.39 is 12.0 Å². The molecule has 2 fully saturated rings. The van der Waals surface area contributed by atoms with Crippen LogP contribution >= 0.6 is 0 Å². The lowest BCUT2D eigenvalue weighted by Crippen LogP contribution is -2.60. The van der Waals surface area contributed by atoms with E-state index in [1.807, 2.05) is 0 Å². The molecule has 2 aliphatic rings. The number of carboxylic acid groups (broad SMARTS) is 1. The molecule has 2 aliphatic heterocycles. The number of carbonyl (C=O) groups excluding carboxylic acids is 2. The molecule has 0 aliphatic carbocycles. The van der Waals surface area contributed by atoms with Crippen LogP contribution in [-0.2, 0) is 14.4 Å². The molecule has 0 aromatic heterocycles. The average Bonchev–Trinajstić information content (AvgIpc) is 2.84. The van der Waals surface area contributed by atoms with Gasteiger partial charge in [-0.1, -0.05) is 0 Å². The molecule has 3 N–H and O–H groups in total. The highest BCUT2D eigenvalue weighted by Gasteiger charge is 2.37. The van der Waals surface area contributed by atoms with Crippen molar-refractivity contribution >= 4 is 17.8 Å². The van der Waals surface area contributed by atoms with E-state index >= 15 is 0 Å². The van der Waals surface area contributed by atoms with Crippen LogP contribution in [0.25, 0.3) is 0 Å². The van der Waals surface area contributed by atoms with E-state index in [2.05, 4.69) is 10.6 Å². The Bertz CT molecular complexity index is 365. The molecule has 0 saturated carbocycles. The maximum atomic E-state index is 12.2. The lowest BCUT2D eigenvalue weighted by atomic mass is 10.1. The molecule has 18 heavy (non-hydrogen) atoms. The van der Waals surface area contributed by atoms with Crippen LogP contribution in [0, 0.1) is 0 Å². The van der Waals surface area contributed by atoms with E-state index in [4.69, 9.17) is 5.11 Å². The number of carboxylic acids is 1. The van der Waals surface area contributed by atoms with Gasteiger partial charge in [0.2, 0.25) is 11.8 Å². The smallest absolute Gasteiger partial charge is 0.305 e. The summed E-state index contributed by atoms with van der Waals surface area (Å²) >= 11 is 0. The number of hydrogen-bond acceptors (Lipinski definition) is 4. The van der Waals surface area contributed by atoms with Gasteiger partial charge in [-0.25, -0.2) is 0 Å². The number of piperazine rings is 1. The second-order valence-corrected chi connectivity index (χ2v) is 4.59. The van der Waals surface area contributed by atoms with Crippen molar-refractivity contribution in [3.63, 3.8) is 0 Å². The maximum absolute atomic E-state index is 12.2. The summed E-state index contributed by atoms with van der Waals surface area (Å²) in [6.07, 6.45) is 1.33. The van der Waals surface area contributed by atoms with E-state index in [0.29, 0.717) is 13.1 Å². The third-order valence-corrected chi connectivity index (χ3v) is 3.34. The first kappa shape index (κ1) is 12.8. The predicted octanol–water partition coefficient (Wildman–Crippen LogP) is -1.46. The van der Waals surface area contributed by atoms with Gasteiger partial charge in [-0.15, -0.1) is 0 Å². The van der Waals surface area contributed by atoms with Crippen molar-refractivity contribution < 1.29 is 19.5 Å². The van der Waals surface area contributed by atoms with E-state index in [1.54, 1.807) is 0 Å². The van der Waals surface area contributed by atoms with Gasteiger partial charge in [-0.3, -0.25) is 14.4 Å². The van der Waals surface area contributed by atoms with Crippen molar-refractivity contribution in [1.29, 1.82) is 0 Å². The summed E-state index contributed by atoms with van der Waals surface area (Å²) in [5, 5.41) is 14.5. The van der Waals surface area contributed by atoms with Crippen molar-refractivity contribution in [2.45, 2.75) is 31.3 Å². The Morgan fingerprint density at radius 1 is 1.39 bits per heavy atom. The molecule has 2 amide bonds. The van der Waals surface area contributed by atoms with Gasteiger partial charge >= 0.3 is 5.97 Å². The Kier molecular flexibility index (Phi) is 3.81. The fourth-order valence-electron chi connectivity index (χ4n) is 2.44. The summed E-state index contributed by atoms with van der Waals surface area (Å²) < 4.78 is 0. The Hall–Kier alpha value is -1.63. The van der Waals surface area contributed by atoms with Gasteiger partial charge in [0, 0.05) is 13.1 Å². The Morgan fingerprint density at radius 3 is 2.78 bits per heavy atom. The molecule has 7 nitrogen and oxygen atoms in total. The number of hydrogen-bond donors (Lipinski definition) is 3. The van der Waals surface area contributed by atoms with Crippen LogP contribution < -0.4 is 10.6 Å². The molecule has 0 radical (unpaired) electrons. The molecule has 0 spiro atoms. The Morgan fingerprint density at radius 2 is 2.17 bits per heavy atom. The van der Waals surface area contributed by atoms with Crippen molar-refractivity contribution in [3.05, 3.63) is 0 Å². The average molecular weight is 255 g/mol. The molecule has 7 heteroatoms. The molecule has 2 heterocycles. The lowest BCUT2D eigenvalue weighted by Gasteiger charge is -2.35. The summed E-state index contributed by atoms with van der Waals surface area (Å²) in [6.45, 7) is 1.55. The predicted molar refractivity (Wildman–Crippen MR) is 61.8 cm³/mol. The molecule has 2 rings (SSSR count). The summed E-state index contributed by atoms with van der Waals surface area (Å²) in [7, 11) is 0. The zero-order chi connectivity index (χ0) is 13.1. The van der Waals surface area contributed by atoms with E-state index in [1.165, 1.54) is 4.90 Å². The number of nitrogens with one attached hydrogen (secondary N) is 2. The van der Waals surface area contributed by atoms with Crippen LogP contribution in [0.2, 0.25) is 0 Å². The third-order valence-electron chi connectivity index (χ3n) is 3.34. The molecule has 2 saturated heterocycles. The molecule has 0 aromatic carbocycles. The van der Waals surface area contributed by atoms with E-state index in [0.717, 1.165) is 19.4 Å². The molecular weight excluding hydrogens is 238 g/mol. The van der Waals surface area contributed by atoms with Crippen LogP contribution in [0.5, 0.6) is 0 Å². The second-order valence-electron chi connectivity index (χ2n) is 4.59. The van der Waals surface area contributed by atoms with Crippen LogP contribution in [0.1, 0.15) is 19.3 Å². The van der Waals surface area contributed by atoms with Crippen LogP contribution in [0.15, 0.2) is 0 Å². The SMILES string of the molecule is O=C(O)CC1C(=O)NCCN1C(=O)C1CCCN1. The zero-order valence-electron chi connectivity index (χ0n) is 10.0. The van der Waals surface area contributed by atoms with E-state index in [-0.39, 0.29) is 24.3 Å². The second kappa shape index (κ2) is 5.34. The first-order valence-corrected chi connectivity index (χ1v) is 6.13. The zero-order valence-corrected chi connectivity index (χ0v) is 10.0. The van der Waals surface area contributed by atoms with Gasteiger partial charge in [-0.05, 0) is 19.4 Å². The normalized spacial score (nSPS) is 28.0. The largest absolute Gasteiger partial charge is 0.481 e. The third kappa shape index (κ3) is 2.61. The van der Waals surface area contributed by atoms with Gasteiger partial charge < -0.3 is 20.6 Å². The highest BCUT2D eigenvalue weighted by Crippen LogP contribution is 2.15. The molecule has 2 unspecified atom stereocenters. The lowest BCUT2D eigenvalue weighted by molar-refractivity contribution is -0.149. The van der Waals surface area contributed by atoms with Crippen LogP contribution in [-0.4, -0.2) is 59.5 Å². The number of aliphatic carboxylic acids is 1. The highest BCUT2D eigenvalue weighted by atomic mass is 16.4. The minimum atomic E-state index is -1.07. The van der Waals surface area contributed by atoms with Crippen molar-refractivity contribution in [2.75, 3.05) is 19.6 Å². The van der Waals surface area contributed by atoms with E-state index in [9.17, 15) is 14.4 Å². The van der Waals surface area contributed by atoms with Gasteiger partial charge in [0.15, 0.2) is 0 Å².